The Balaban J connectivity index is 2.77. The maximum atomic E-state index is 10.1. The molecular weight excluding hydrogens is 222 g/mol. The third-order valence-electron chi connectivity index (χ3n) is 1.15. The first-order valence-corrected chi connectivity index (χ1v) is 4.00. The Bertz CT molecular complexity index is 305. The van der Waals surface area contributed by atoms with E-state index in [1.165, 1.54) is 6.08 Å². The number of rotatable bonds is 2. The van der Waals surface area contributed by atoms with Crippen LogP contribution in [0.25, 0.3) is 6.08 Å². The van der Waals surface area contributed by atoms with Gasteiger partial charge in [0, 0.05) is 16.7 Å². The van der Waals surface area contributed by atoms with Crippen molar-refractivity contribution in [3.8, 4) is 0 Å². The molecule has 0 aliphatic rings. The second-order valence-electron chi connectivity index (χ2n) is 2.07. The summed E-state index contributed by atoms with van der Waals surface area (Å²) in [4.78, 5) is 14.1. The average molecular weight is 228 g/mol. The van der Waals surface area contributed by atoms with Gasteiger partial charge in [0.15, 0.2) is 0 Å². The SMILES string of the molecule is O=C(O)/C=C/c1ccc(Br)cn1. The van der Waals surface area contributed by atoms with Crippen molar-refractivity contribution in [2.45, 2.75) is 0 Å². The number of carbonyl (C=O) groups is 1. The molecule has 62 valence electrons. The van der Waals surface area contributed by atoms with E-state index < -0.39 is 5.97 Å². The molecule has 12 heavy (non-hydrogen) atoms. The van der Waals surface area contributed by atoms with Crippen molar-refractivity contribution in [3.05, 3.63) is 34.6 Å². The number of hydrogen-bond acceptors (Lipinski definition) is 2. The molecule has 3 nitrogen and oxygen atoms in total. The quantitative estimate of drug-likeness (QED) is 0.787. The van der Waals surface area contributed by atoms with Crippen LogP contribution in [0.2, 0.25) is 0 Å². The highest BCUT2D eigenvalue weighted by molar-refractivity contribution is 9.10. The third-order valence-corrected chi connectivity index (χ3v) is 1.62. The summed E-state index contributed by atoms with van der Waals surface area (Å²) in [6, 6.07) is 3.53. The smallest absolute Gasteiger partial charge is 0.328 e. The van der Waals surface area contributed by atoms with Gasteiger partial charge in [0.05, 0.1) is 5.69 Å². The Hall–Kier alpha value is -1.16. The molecule has 0 aliphatic carbocycles. The number of carboxylic acids is 1. The molecule has 0 saturated carbocycles. The van der Waals surface area contributed by atoms with Crippen LogP contribution in [0.5, 0.6) is 0 Å². The first kappa shape index (κ1) is 8.93. The Morgan fingerprint density at radius 3 is 2.83 bits per heavy atom. The first-order valence-electron chi connectivity index (χ1n) is 3.21. The highest BCUT2D eigenvalue weighted by atomic mass is 79.9. The molecule has 0 aromatic carbocycles. The normalized spacial score (nSPS) is 10.4. The minimum atomic E-state index is -0.972. The molecule has 1 heterocycles. The molecule has 0 amide bonds. The molecule has 0 radical (unpaired) electrons. The molecule has 1 aromatic rings. The zero-order chi connectivity index (χ0) is 8.97. The van der Waals surface area contributed by atoms with Crippen molar-refractivity contribution >= 4 is 28.0 Å². The van der Waals surface area contributed by atoms with E-state index in [-0.39, 0.29) is 0 Å². The predicted octanol–water partition coefficient (Wildman–Crippen LogP) is 1.94. The molecule has 1 aromatic heterocycles. The second kappa shape index (κ2) is 4.01. The van der Waals surface area contributed by atoms with Crippen molar-refractivity contribution in [1.29, 1.82) is 0 Å². The Labute approximate surface area is 77.9 Å². The van der Waals surface area contributed by atoms with E-state index in [0.29, 0.717) is 5.69 Å². The molecule has 0 saturated heterocycles. The zero-order valence-electron chi connectivity index (χ0n) is 6.07. The fourth-order valence-corrected chi connectivity index (χ4v) is 0.877. The van der Waals surface area contributed by atoms with Crippen molar-refractivity contribution in [1.82, 2.24) is 4.98 Å². The van der Waals surface area contributed by atoms with E-state index in [4.69, 9.17) is 5.11 Å². The molecule has 1 N–H and O–H groups in total. The summed E-state index contributed by atoms with van der Waals surface area (Å²) in [5.74, 6) is -0.972. The maximum Gasteiger partial charge on any atom is 0.328 e. The summed E-state index contributed by atoms with van der Waals surface area (Å²) >= 11 is 3.22. The molecular formula is C8H6BrNO2. The summed E-state index contributed by atoms with van der Waals surface area (Å²) < 4.78 is 0.870. The number of pyridine rings is 1. The summed E-state index contributed by atoms with van der Waals surface area (Å²) in [6.07, 6.45) is 4.10. The number of hydrogen-bond donors (Lipinski definition) is 1. The third kappa shape index (κ3) is 2.84. The van der Waals surface area contributed by atoms with Crippen molar-refractivity contribution in [3.63, 3.8) is 0 Å². The van der Waals surface area contributed by atoms with E-state index in [9.17, 15) is 4.79 Å². The number of aliphatic carboxylic acids is 1. The van der Waals surface area contributed by atoms with E-state index >= 15 is 0 Å². The lowest BCUT2D eigenvalue weighted by Crippen LogP contribution is -1.86. The molecule has 1 rings (SSSR count). The van der Waals surface area contributed by atoms with E-state index in [2.05, 4.69) is 20.9 Å². The van der Waals surface area contributed by atoms with Gasteiger partial charge in [0.1, 0.15) is 0 Å². The van der Waals surface area contributed by atoms with E-state index in [0.717, 1.165) is 10.5 Å². The van der Waals surface area contributed by atoms with Crippen LogP contribution in [0, 0.1) is 0 Å². The number of carboxylic acid groups (broad SMARTS) is 1. The fraction of sp³-hybridized carbons (Fsp3) is 0. The van der Waals surface area contributed by atoms with Gasteiger partial charge in [0.25, 0.3) is 0 Å². The lowest BCUT2D eigenvalue weighted by atomic mass is 10.3. The van der Waals surface area contributed by atoms with Crippen LogP contribution < -0.4 is 0 Å². The number of halogens is 1. The molecule has 0 spiro atoms. The molecule has 0 unspecified atom stereocenters. The standard InChI is InChI=1S/C8H6BrNO2/c9-6-1-2-7(10-5-6)3-4-8(11)12/h1-5H,(H,11,12)/b4-3+. The van der Waals surface area contributed by atoms with Crippen molar-refractivity contribution in [2.75, 3.05) is 0 Å². The average Bonchev–Trinajstić information content (AvgIpc) is 2.03. The van der Waals surface area contributed by atoms with Gasteiger partial charge in [-0.05, 0) is 34.1 Å². The van der Waals surface area contributed by atoms with Crippen LogP contribution in [-0.2, 0) is 4.79 Å². The predicted molar refractivity (Wildman–Crippen MR) is 48.6 cm³/mol. The molecule has 0 aliphatic heterocycles. The monoisotopic (exact) mass is 227 g/mol. The van der Waals surface area contributed by atoms with E-state index in [1.54, 1.807) is 18.3 Å². The van der Waals surface area contributed by atoms with Crippen molar-refractivity contribution < 1.29 is 9.90 Å². The van der Waals surface area contributed by atoms with Gasteiger partial charge < -0.3 is 5.11 Å². The van der Waals surface area contributed by atoms with Crippen LogP contribution in [0.15, 0.2) is 28.9 Å². The number of aromatic nitrogens is 1. The van der Waals surface area contributed by atoms with E-state index in [1.807, 2.05) is 0 Å². The summed E-state index contributed by atoms with van der Waals surface area (Å²) in [5.41, 5.74) is 0.626. The lowest BCUT2D eigenvalue weighted by Gasteiger charge is -1.90. The summed E-state index contributed by atoms with van der Waals surface area (Å²) in [7, 11) is 0. The fourth-order valence-electron chi connectivity index (χ4n) is 0.643. The first-order chi connectivity index (χ1) is 5.68. The minimum Gasteiger partial charge on any atom is -0.478 e. The van der Waals surface area contributed by atoms with Gasteiger partial charge in [0.2, 0.25) is 0 Å². The maximum absolute atomic E-state index is 10.1. The Kier molecular flexibility index (Phi) is 2.99. The zero-order valence-corrected chi connectivity index (χ0v) is 7.65. The Morgan fingerprint density at radius 1 is 1.58 bits per heavy atom. The topological polar surface area (TPSA) is 50.2 Å². The summed E-state index contributed by atoms with van der Waals surface area (Å²) in [5, 5.41) is 8.31. The molecule has 0 bridgehead atoms. The summed E-state index contributed by atoms with van der Waals surface area (Å²) in [6.45, 7) is 0. The van der Waals surface area contributed by atoms with Crippen molar-refractivity contribution in [2.24, 2.45) is 0 Å². The molecule has 0 fully saturated rings. The largest absolute Gasteiger partial charge is 0.478 e. The van der Waals surface area contributed by atoms with Gasteiger partial charge in [-0.1, -0.05) is 0 Å². The van der Waals surface area contributed by atoms with Crippen LogP contribution in [-0.4, -0.2) is 16.1 Å². The van der Waals surface area contributed by atoms with Gasteiger partial charge >= 0.3 is 5.97 Å². The number of nitrogens with zero attached hydrogens (tertiary/aromatic N) is 1. The van der Waals surface area contributed by atoms with Crippen LogP contribution in [0.1, 0.15) is 5.69 Å². The van der Waals surface area contributed by atoms with Crippen LogP contribution >= 0.6 is 15.9 Å². The lowest BCUT2D eigenvalue weighted by molar-refractivity contribution is -0.131. The molecule has 4 heteroatoms. The second-order valence-corrected chi connectivity index (χ2v) is 2.99. The van der Waals surface area contributed by atoms with Gasteiger partial charge in [-0.2, -0.15) is 0 Å². The Morgan fingerprint density at radius 2 is 2.33 bits per heavy atom. The molecule has 0 atom stereocenters. The minimum absolute atomic E-state index is 0.626. The highest BCUT2D eigenvalue weighted by Gasteiger charge is 1.90. The van der Waals surface area contributed by atoms with Crippen LogP contribution in [0.3, 0.4) is 0 Å². The van der Waals surface area contributed by atoms with Gasteiger partial charge in [-0.25, -0.2) is 4.79 Å². The van der Waals surface area contributed by atoms with Gasteiger partial charge in [-0.3, -0.25) is 4.98 Å². The highest BCUT2D eigenvalue weighted by Crippen LogP contribution is 2.07. The van der Waals surface area contributed by atoms with Gasteiger partial charge in [-0.15, -0.1) is 0 Å². The van der Waals surface area contributed by atoms with Crippen LogP contribution in [0.4, 0.5) is 0 Å².